The van der Waals surface area contributed by atoms with Gasteiger partial charge >= 0.3 is 17.9 Å². The van der Waals surface area contributed by atoms with E-state index < -0.39 is 6.10 Å². The monoisotopic (exact) mass is 1090 g/mol. The standard InChI is InChI=1S/C72H130O6/c1-4-7-10-13-16-19-22-25-27-29-31-32-33-34-35-36-37-38-39-41-42-44-47-50-53-56-59-62-65-71(74)77-68-69(67-76-70(73)64-61-58-55-52-49-46-24-21-18-15-12-9-6-3)78-72(75)66-63-60-57-54-51-48-45-43-40-30-28-26-23-20-17-14-11-8-5-2/h8,11,17,20-21,24,26,28,40,43,69H,4-7,9-10,12-16,18-19,22-23,25,27,29-39,41-42,44-68H2,1-3H3/b11-8-,20-17-,24-21-,28-26-,43-40-. The molecule has 0 aliphatic heterocycles. The highest BCUT2D eigenvalue weighted by Crippen LogP contribution is 2.18. The molecule has 0 fully saturated rings. The van der Waals surface area contributed by atoms with E-state index in [9.17, 15) is 14.4 Å². The fourth-order valence-electron chi connectivity index (χ4n) is 10.1. The Labute approximate surface area is 485 Å². The molecule has 454 valence electrons. The molecule has 0 heterocycles. The van der Waals surface area contributed by atoms with Crippen LogP contribution < -0.4 is 0 Å². The number of rotatable bonds is 63. The van der Waals surface area contributed by atoms with Crippen LogP contribution in [0.5, 0.6) is 0 Å². The average molecular weight is 1090 g/mol. The lowest BCUT2D eigenvalue weighted by molar-refractivity contribution is -0.167. The van der Waals surface area contributed by atoms with E-state index in [4.69, 9.17) is 14.2 Å². The van der Waals surface area contributed by atoms with Crippen LogP contribution in [0.3, 0.4) is 0 Å². The lowest BCUT2D eigenvalue weighted by Gasteiger charge is -2.18. The molecule has 0 saturated heterocycles. The Morgan fingerprint density at radius 1 is 0.269 bits per heavy atom. The van der Waals surface area contributed by atoms with Crippen LogP contribution in [0, 0.1) is 0 Å². The van der Waals surface area contributed by atoms with E-state index in [0.717, 1.165) is 103 Å². The normalized spacial score (nSPS) is 12.4. The topological polar surface area (TPSA) is 78.9 Å². The fourth-order valence-corrected chi connectivity index (χ4v) is 10.1. The van der Waals surface area contributed by atoms with Crippen molar-refractivity contribution >= 4 is 17.9 Å². The first-order valence-corrected chi connectivity index (χ1v) is 34.3. The minimum Gasteiger partial charge on any atom is -0.462 e. The van der Waals surface area contributed by atoms with Gasteiger partial charge in [-0.15, -0.1) is 0 Å². The minimum atomic E-state index is -0.785. The van der Waals surface area contributed by atoms with Crippen LogP contribution in [0.2, 0.25) is 0 Å². The molecule has 0 aliphatic rings. The summed E-state index contributed by atoms with van der Waals surface area (Å²) < 4.78 is 16.9. The van der Waals surface area contributed by atoms with Crippen molar-refractivity contribution in [2.75, 3.05) is 13.2 Å². The number of esters is 3. The summed E-state index contributed by atoms with van der Waals surface area (Å²) in [6, 6.07) is 0. The highest BCUT2D eigenvalue weighted by atomic mass is 16.6. The molecule has 0 spiro atoms. The maximum Gasteiger partial charge on any atom is 0.306 e. The molecule has 0 rings (SSSR count). The van der Waals surface area contributed by atoms with Crippen LogP contribution in [-0.2, 0) is 28.6 Å². The smallest absolute Gasteiger partial charge is 0.306 e. The van der Waals surface area contributed by atoms with Gasteiger partial charge in [-0.3, -0.25) is 14.4 Å². The number of carbonyl (C=O) groups is 3. The zero-order valence-electron chi connectivity index (χ0n) is 52.2. The molecule has 6 heteroatoms. The molecule has 0 radical (unpaired) electrons. The van der Waals surface area contributed by atoms with E-state index in [2.05, 4.69) is 81.5 Å². The number of allylic oxidation sites excluding steroid dienone is 10. The van der Waals surface area contributed by atoms with E-state index in [1.54, 1.807) is 0 Å². The SMILES string of the molecule is CC/C=C\C/C=C\C/C=C\C/C=C\CCCCCCCCC(=O)OC(COC(=O)CCCCCCC/C=C\CCCCCC)COC(=O)CCCCCCCCCCCCCCCCCCCCCCCCCCCCCC. The van der Waals surface area contributed by atoms with E-state index in [1.807, 2.05) is 0 Å². The molecule has 78 heavy (non-hydrogen) atoms. The van der Waals surface area contributed by atoms with Crippen molar-refractivity contribution in [3.8, 4) is 0 Å². The van der Waals surface area contributed by atoms with Gasteiger partial charge in [-0.1, -0.05) is 319 Å². The molecular formula is C72H130O6. The van der Waals surface area contributed by atoms with Crippen molar-refractivity contribution < 1.29 is 28.6 Å². The van der Waals surface area contributed by atoms with Gasteiger partial charge in [-0.05, 0) is 83.5 Å². The Hall–Kier alpha value is -2.89. The molecular weight excluding hydrogens is 961 g/mol. The van der Waals surface area contributed by atoms with Gasteiger partial charge in [-0.2, -0.15) is 0 Å². The molecule has 1 atom stereocenters. The van der Waals surface area contributed by atoms with Crippen LogP contribution in [0.15, 0.2) is 60.8 Å². The summed E-state index contributed by atoms with van der Waals surface area (Å²) in [5, 5.41) is 0. The van der Waals surface area contributed by atoms with Gasteiger partial charge in [0.15, 0.2) is 6.10 Å². The predicted octanol–water partition coefficient (Wildman–Crippen LogP) is 23.5. The summed E-state index contributed by atoms with van der Waals surface area (Å²) in [7, 11) is 0. The molecule has 0 saturated carbocycles. The fraction of sp³-hybridized carbons (Fsp3) is 0.819. The van der Waals surface area contributed by atoms with Crippen molar-refractivity contribution in [2.45, 2.75) is 367 Å². The summed E-state index contributed by atoms with van der Waals surface area (Å²) in [5.41, 5.74) is 0. The van der Waals surface area contributed by atoms with E-state index in [-0.39, 0.29) is 31.1 Å². The molecule has 0 aromatic rings. The molecule has 0 aromatic heterocycles. The van der Waals surface area contributed by atoms with Gasteiger partial charge in [0, 0.05) is 19.3 Å². The summed E-state index contributed by atoms with van der Waals surface area (Å²) in [6.07, 6.45) is 85.4. The van der Waals surface area contributed by atoms with Crippen molar-refractivity contribution in [3.63, 3.8) is 0 Å². The third-order valence-electron chi connectivity index (χ3n) is 15.3. The number of hydrogen-bond donors (Lipinski definition) is 0. The van der Waals surface area contributed by atoms with Crippen molar-refractivity contribution in [1.82, 2.24) is 0 Å². The maximum absolute atomic E-state index is 12.9. The molecule has 0 aliphatic carbocycles. The quantitative estimate of drug-likeness (QED) is 0.0261. The van der Waals surface area contributed by atoms with Crippen LogP contribution in [0.4, 0.5) is 0 Å². The van der Waals surface area contributed by atoms with Crippen LogP contribution >= 0.6 is 0 Å². The third kappa shape index (κ3) is 63.9. The summed E-state index contributed by atoms with van der Waals surface area (Å²) in [4.78, 5) is 38.3. The van der Waals surface area contributed by atoms with Crippen LogP contribution in [0.1, 0.15) is 361 Å². The summed E-state index contributed by atoms with van der Waals surface area (Å²) >= 11 is 0. The van der Waals surface area contributed by atoms with Crippen molar-refractivity contribution in [3.05, 3.63) is 60.8 Å². The van der Waals surface area contributed by atoms with E-state index in [0.29, 0.717) is 19.3 Å². The number of hydrogen-bond acceptors (Lipinski definition) is 6. The van der Waals surface area contributed by atoms with Crippen molar-refractivity contribution in [2.24, 2.45) is 0 Å². The zero-order valence-corrected chi connectivity index (χ0v) is 52.2. The van der Waals surface area contributed by atoms with E-state index in [1.165, 1.54) is 218 Å². The molecule has 6 nitrogen and oxygen atoms in total. The van der Waals surface area contributed by atoms with Gasteiger partial charge < -0.3 is 14.2 Å². The predicted molar refractivity (Wildman–Crippen MR) is 339 cm³/mol. The molecule has 0 aromatic carbocycles. The Bertz CT molecular complexity index is 1390. The summed E-state index contributed by atoms with van der Waals surface area (Å²) in [5.74, 6) is -0.883. The van der Waals surface area contributed by atoms with Crippen LogP contribution in [-0.4, -0.2) is 37.2 Å². The number of ether oxygens (including phenoxy) is 3. The van der Waals surface area contributed by atoms with Crippen molar-refractivity contribution in [1.29, 1.82) is 0 Å². The van der Waals surface area contributed by atoms with Gasteiger partial charge in [-0.25, -0.2) is 0 Å². The number of carbonyl (C=O) groups excluding carboxylic acids is 3. The van der Waals surface area contributed by atoms with Gasteiger partial charge in [0.05, 0.1) is 0 Å². The third-order valence-corrected chi connectivity index (χ3v) is 15.3. The maximum atomic E-state index is 12.9. The van der Waals surface area contributed by atoms with Gasteiger partial charge in [0.2, 0.25) is 0 Å². The molecule has 0 amide bonds. The first-order valence-electron chi connectivity index (χ1n) is 34.3. The first-order chi connectivity index (χ1) is 38.5. The molecule has 1 unspecified atom stereocenters. The second-order valence-electron chi connectivity index (χ2n) is 23.1. The second-order valence-corrected chi connectivity index (χ2v) is 23.1. The molecule has 0 N–H and O–H groups in total. The van der Waals surface area contributed by atoms with E-state index >= 15 is 0 Å². The Balaban J connectivity index is 4.22. The lowest BCUT2D eigenvalue weighted by atomic mass is 10.0. The largest absolute Gasteiger partial charge is 0.462 e. The molecule has 0 bridgehead atoms. The Morgan fingerprint density at radius 2 is 0.500 bits per heavy atom. The Kier molecular flexibility index (Phi) is 64.2. The van der Waals surface area contributed by atoms with Gasteiger partial charge in [0.25, 0.3) is 0 Å². The number of unbranched alkanes of at least 4 members (excludes halogenated alkanes) is 42. The first kappa shape index (κ1) is 75.1. The lowest BCUT2D eigenvalue weighted by Crippen LogP contribution is -2.30. The zero-order chi connectivity index (χ0) is 56.4. The highest BCUT2D eigenvalue weighted by Gasteiger charge is 2.19. The summed E-state index contributed by atoms with van der Waals surface area (Å²) in [6.45, 7) is 6.55. The van der Waals surface area contributed by atoms with Crippen LogP contribution in [0.25, 0.3) is 0 Å². The highest BCUT2D eigenvalue weighted by molar-refractivity contribution is 5.71. The Morgan fingerprint density at radius 3 is 0.808 bits per heavy atom. The second kappa shape index (κ2) is 66.6. The average Bonchev–Trinajstić information content (AvgIpc) is 3.44. The minimum absolute atomic E-state index is 0.0795. The van der Waals surface area contributed by atoms with Gasteiger partial charge in [0.1, 0.15) is 13.2 Å².